The van der Waals surface area contributed by atoms with E-state index in [-0.39, 0.29) is 11.4 Å². The Hall–Kier alpha value is -2.86. The predicted octanol–water partition coefficient (Wildman–Crippen LogP) is 3.21. The number of nitrogens with zero attached hydrogens (tertiary/aromatic N) is 2. The van der Waals surface area contributed by atoms with E-state index in [4.69, 9.17) is 10.7 Å². The lowest BCUT2D eigenvalue weighted by atomic mass is 10.1. The van der Waals surface area contributed by atoms with Crippen molar-refractivity contribution in [2.24, 2.45) is 5.73 Å². The molecular formula is C21H27N5O. The second kappa shape index (κ2) is 7.40. The maximum Gasteiger partial charge on any atom is 0.251 e. The number of aromatic nitrogens is 2. The van der Waals surface area contributed by atoms with E-state index >= 15 is 0 Å². The molecule has 0 saturated heterocycles. The minimum atomic E-state index is -0.145. The number of anilines is 1. The lowest BCUT2D eigenvalue weighted by Crippen LogP contribution is -2.29. The van der Waals surface area contributed by atoms with Crippen LogP contribution in [-0.4, -0.2) is 33.9 Å². The van der Waals surface area contributed by atoms with Crippen LogP contribution in [0.2, 0.25) is 0 Å². The quantitative estimate of drug-likeness (QED) is 0.648. The number of pyridine rings is 1. The van der Waals surface area contributed by atoms with Crippen LogP contribution >= 0.6 is 0 Å². The summed E-state index contributed by atoms with van der Waals surface area (Å²) < 4.78 is 1.99. The molecule has 3 rings (SSSR count). The Bertz CT molecular complexity index is 968. The molecule has 6 nitrogen and oxygen atoms in total. The SMILES string of the molecule is Cc1cccc(-c2nc3cc(C(=O)NCCN)ccn3c2NC(C)(C)C)c1. The third-order valence-electron chi connectivity index (χ3n) is 4.10. The molecule has 0 aliphatic heterocycles. The first-order valence-electron chi connectivity index (χ1n) is 9.14. The Balaban J connectivity index is 2.12. The minimum Gasteiger partial charge on any atom is -0.365 e. The maximum atomic E-state index is 12.3. The van der Waals surface area contributed by atoms with Gasteiger partial charge in [-0.1, -0.05) is 23.8 Å². The Kier molecular flexibility index (Phi) is 5.19. The molecule has 4 N–H and O–H groups in total. The molecule has 0 radical (unpaired) electrons. The van der Waals surface area contributed by atoms with Crippen LogP contribution in [-0.2, 0) is 0 Å². The van der Waals surface area contributed by atoms with E-state index in [0.717, 1.165) is 22.7 Å². The van der Waals surface area contributed by atoms with Gasteiger partial charge in [0.1, 0.15) is 17.2 Å². The van der Waals surface area contributed by atoms with E-state index in [2.05, 4.69) is 56.5 Å². The van der Waals surface area contributed by atoms with Crippen molar-refractivity contribution in [2.75, 3.05) is 18.4 Å². The number of rotatable bonds is 5. The van der Waals surface area contributed by atoms with E-state index in [1.807, 2.05) is 16.7 Å². The summed E-state index contributed by atoms with van der Waals surface area (Å²) in [5, 5.41) is 6.35. The number of fused-ring (bicyclic) bond motifs is 1. The fourth-order valence-corrected chi connectivity index (χ4v) is 2.94. The highest BCUT2D eigenvalue weighted by atomic mass is 16.1. The van der Waals surface area contributed by atoms with Gasteiger partial charge in [0.25, 0.3) is 5.91 Å². The molecule has 0 aliphatic carbocycles. The molecule has 2 aromatic heterocycles. The van der Waals surface area contributed by atoms with Crippen molar-refractivity contribution >= 4 is 17.4 Å². The summed E-state index contributed by atoms with van der Waals surface area (Å²) in [6.45, 7) is 9.26. The van der Waals surface area contributed by atoms with Crippen molar-refractivity contribution in [3.63, 3.8) is 0 Å². The van der Waals surface area contributed by atoms with Gasteiger partial charge in [0.05, 0.1) is 0 Å². The highest BCUT2D eigenvalue weighted by Gasteiger charge is 2.20. The van der Waals surface area contributed by atoms with Crippen LogP contribution in [0.25, 0.3) is 16.9 Å². The molecule has 1 aromatic carbocycles. The molecule has 2 heterocycles. The van der Waals surface area contributed by atoms with Crippen LogP contribution in [0.3, 0.4) is 0 Å². The molecule has 0 saturated carbocycles. The van der Waals surface area contributed by atoms with E-state index in [1.165, 1.54) is 5.56 Å². The Morgan fingerprint density at radius 2 is 2.00 bits per heavy atom. The van der Waals surface area contributed by atoms with Gasteiger partial charge >= 0.3 is 0 Å². The van der Waals surface area contributed by atoms with Crippen molar-refractivity contribution in [2.45, 2.75) is 33.2 Å². The zero-order valence-corrected chi connectivity index (χ0v) is 16.3. The Morgan fingerprint density at radius 3 is 2.67 bits per heavy atom. The zero-order chi connectivity index (χ0) is 19.6. The first-order valence-corrected chi connectivity index (χ1v) is 9.14. The number of amides is 1. The van der Waals surface area contributed by atoms with Crippen molar-refractivity contribution in [1.82, 2.24) is 14.7 Å². The monoisotopic (exact) mass is 365 g/mol. The van der Waals surface area contributed by atoms with Crippen LogP contribution < -0.4 is 16.4 Å². The number of hydrogen-bond acceptors (Lipinski definition) is 4. The van der Waals surface area contributed by atoms with Gasteiger partial charge in [-0.3, -0.25) is 9.20 Å². The molecule has 0 spiro atoms. The van der Waals surface area contributed by atoms with Gasteiger partial charge < -0.3 is 16.4 Å². The molecule has 142 valence electrons. The first-order chi connectivity index (χ1) is 12.8. The number of nitrogens with two attached hydrogens (primary N) is 1. The van der Waals surface area contributed by atoms with Crippen LogP contribution in [0.5, 0.6) is 0 Å². The second-order valence-corrected chi connectivity index (χ2v) is 7.74. The molecule has 27 heavy (non-hydrogen) atoms. The Labute approximate surface area is 159 Å². The summed E-state index contributed by atoms with van der Waals surface area (Å²) in [6, 6.07) is 11.9. The van der Waals surface area contributed by atoms with Crippen molar-refractivity contribution in [3.8, 4) is 11.3 Å². The average molecular weight is 365 g/mol. The summed E-state index contributed by atoms with van der Waals surface area (Å²) >= 11 is 0. The molecular weight excluding hydrogens is 338 g/mol. The predicted molar refractivity (Wildman–Crippen MR) is 110 cm³/mol. The number of nitrogens with one attached hydrogen (secondary N) is 2. The van der Waals surface area contributed by atoms with Crippen LogP contribution in [0.1, 0.15) is 36.7 Å². The number of aryl methyl sites for hydroxylation is 1. The van der Waals surface area contributed by atoms with Crippen molar-refractivity contribution in [3.05, 3.63) is 53.7 Å². The summed E-state index contributed by atoms with van der Waals surface area (Å²) in [6.07, 6.45) is 1.88. The number of carbonyl (C=O) groups excluding carboxylic acids is 1. The normalized spacial score (nSPS) is 11.6. The topological polar surface area (TPSA) is 84.5 Å². The van der Waals surface area contributed by atoms with Gasteiger partial charge in [0, 0.05) is 36.0 Å². The van der Waals surface area contributed by atoms with Crippen LogP contribution in [0.15, 0.2) is 42.6 Å². The standard InChI is InChI=1S/C21H27N5O/c1-14-6-5-7-15(12-14)18-19(25-21(2,3)4)26-11-8-16(13-17(26)24-18)20(27)23-10-9-22/h5-8,11-13,25H,9-10,22H2,1-4H3,(H,23,27). The van der Waals surface area contributed by atoms with Crippen LogP contribution in [0, 0.1) is 6.92 Å². The fraction of sp³-hybridized carbons (Fsp3) is 0.333. The molecule has 0 aliphatic rings. The molecule has 0 fully saturated rings. The van der Waals surface area contributed by atoms with Crippen molar-refractivity contribution < 1.29 is 4.79 Å². The molecule has 0 atom stereocenters. The van der Waals surface area contributed by atoms with Gasteiger partial charge in [-0.25, -0.2) is 4.98 Å². The number of hydrogen-bond donors (Lipinski definition) is 3. The average Bonchev–Trinajstić information content (AvgIpc) is 2.95. The van der Waals surface area contributed by atoms with E-state index in [9.17, 15) is 4.79 Å². The van der Waals surface area contributed by atoms with E-state index < -0.39 is 0 Å². The van der Waals surface area contributed by atoms with Crippen LogP contribution in [0.4, 0.5) is 5.82 Å². The largest absolute Gasteiger partial charge is 0.365 e. The van der Waals surface area contributed by atoms with Gasteiger partial charge in [-0.15, -0.1) is 0 Å². The molecule has 1 amide bonds. The summed E-state index contributed by atoms with van der Waals surface area (Å²) in [4.78, 5) is 17.1. The fourth-order valence-electron chi connectivity index (χ4n) is 2.94. The summed E-state index contributed by atoms with van der Waals surface area (Å²) in [5.41, 5.74) is 9.70. The first kappa shape index (κ1) is 18.9. The molecule has 0 bridgehead atoms. The van der Waals surface area contributed by atoms with Gasteiger partial charge in [0.15, 0.2) is 0 Å². The zero-order valence-electron chi connectivity index (χ0n) is 16.3. The van der Waals surface area contributed by atoms with Crippen molar-refractivity contribution in [1.29, 1.82) is 0 Å². The lowest BCUT2D eigenvalue weighted by Gasteiger charge is -2.22. The highest BCUT2D eigenvalue weighted by Crippen LogP contribution is 2.31. The van der Waals surface area contributed by atoms with E-state index in [0.29, 0.717) is 18.7 Å². The Morgan fingerprint density at radius 1 is 1.22 bits per heavy atom. The highest BCUT2D eigenvalue weighted by molar-refractivity contribution is 5.95. The third kappa shape index (κ3) is 4.28. The number of carbonyl (C=O) groups is 1. The molecule has 6 heteroatoms. The van der Waals surface area contributed by atoms with E-state index in [1.54, 1.807) is 12.1 Å². The molecule has 3 aromatic rings. The molecule has 0 unspecified atom stereocenters. The second-order valence-electron chi connectivity index (χ2n) is 7.74. The smallest absolute Gasteiger partial charge is 0.251 e. The minimum absolute atomic E-state index is 0.133. The number of benzene rings is 1. The number of imidazole rings is 1. The third-order valence-corrected chi connectivity index (χ3v) is 4.10. The van der Waals surface area contributed by atoms with Gasteiger partial charge in [-0.2, -0.15) is 0 Å². The lowest BCUT2D eigenvalue weighted by molar-refractivity contribution is 0.0954. The summed E-state index contributed by atoms with van der Waals surface area (Å²) in [7, 11) is 0. The maximum absolute atomic E-state index is 12.3. The summed E-state index contributed by atoms with van der Waals surface area (Å²) in [5.74, 6) is 0.769. The van der Waals surface area contributed by atoms with Gasteiger partial charge in [-0.05, 0) is 45.9 Å². The van der Waals surface area contributed by atoms with Gasteiger partial charge in [0.2, 0.25) is 0 Å².